The van der Waals surface area contributed by atoms with Gasteiger partial charge in [0.1, 0.15) is 29.1 Å². The maximum Gasteiger partial charge on any atom is 0.416 e. The van der Waals surface area contributed by atoms with Gasteiger partial charge in [-0.15, -0.1) is 0 Å². The number of benzene rings is 1. The van der Waals surface area contributed by atoms with E-state index in [1.165, 1.54) is 16.7 Å². The Labute approximate surface area is 188 Å². The maximum absolute atomic E-state index is 13.0. The standard InChI is InChI=1S/C23H22F3N5O2/c1-13-12-31(21-20-18(30(3)22(32)29-21)8-7-16(11-27)28-20)14(2)9-19(13)33-17-6-4-5-15(10-17)23(24,25)26/h4-8,10,13-14,19H,9,12H2,1-3H3/t13-,14+,19?/m1/s1. The van der Waals surface area contributed by atoms with Crippen LogP contribution < -0.4 is 15.3 Å². The Kier molecular flexibility index (Phi) is 5.74. The Balaban J connectivity index is 1.63. The summed E-state index contributed by atoms with van der Waals surface area (Å²) in [6.07, 6.45) is -4.25. The summed E-state index contributed by atoms with van der Waals surface area (Å²) < 4.78 is 46.5. The molecular weight excluding hydrogens is 435 g/mol. The van der Waals surface area contributed by atoms with E-state index in [2.05, 4.69) is 9.97 Å². The molecule has 1 fully saturated rings. The number of nitriles is 1. The van der Waals surface area contributed by atoms with Gasteiger partial charge in [0.2, 0.25) is 0 Å². The number of aromatic nitrogens is 3. The first-order valence-corrected chi connectivity index (χ1v) is 10.5. The number of aryl methyl sites for hydroxylation is 1. The van der Waals surface area contributed by atoms with E-state index in [1.807, 2.05) is 24.8 Å². The van der Waals surface area contributed by atoms with Crippen LogP contribution in [-0.2, 0) is 13.2 Å². The van der Waals surface area contributed by atoms with Crippen molar-refractivity contribution in [2.24, 2.45) is 13.0 Å². The molecule has 0 saturated carbocycles. The van der Waals surface area contributed by atoms with E-state index in [-0.39, 0.29) is 29.5 Å². The summed E-state index contributed by atoms with van der Waals surface area (Å²) in [6.45, 7) is 4.33. The van der Waals surface area contributed by atoms with Gasteiger partial charge in [0.25, 0.3) is 0 Å². The molecule has 172 valence electrons. The average Bonchev–Trinajstić information content (AvgIpc) is 2.78. The van der Waals surface area contributed by atoms with Gasteiger partial charge in [-0.05, 0) is 37.3 Å². The van der Waals surface area contributed by atoms with E-state index in [4.69, 9.17) is 4.74 Å². The van der Waals surface area contributed by atoms with Crippen molar-refractivity contribution in [3.05, 3.63) is 58.1 Å². The summed E-state index contributed by atoms with van der Waals surface area (Å²) in [5.74, 6) is 0.484. The second-order valence-corrected chi connectivity index (χ2v) is 8.35. The highest BCUT2D eigenvalue weighted by Gasteiger charge is 2.35. The van der Waals surface area contributed by atoms with Crippen LogP contribution in [0.2, 0.25) is 0 Å². The van der Waals surface area contributed by atoms with Gasteiger partial charge in [-0.25, -0.2) is 9.78 Å². The van der Waals surface area contributed by atoms with Crippen molar-refractivity contribution in [3.8, 4) is 11.8 Å². The highest BCUT2D eigenvalue weighted by molar-refractivity contribution is 5.86. The zero-order chi connectivity index (χ0) is 23.9. The number of hydrogen-bond acceptors (Lipinski definition) is 6. The molecule has 33 heavy (non-hydrogen) atoms. The second kappa shape index (κ2) is 8.39. The largest absolute Gasteiger partial charge is 0.490 e. The summed E-state index contributed by atoms with van der Waals surface area (Å²) in [4.78, 5) is 23.0. The third-order valence-electron chi connectivity index (χ3n) is 6.00. The molecule has 3 atom stereocenters. The molecule has 1 aromatic carbocycles. The molecule has 10 heteroatoms. The molecule has 0 aliphatic carbocycles. The molecule has 4 rings (SSSR count). The van der Waals surface area contributed by atoms with Crippen molar-refractivity contribution in [1.82, 2.24) is 14.5 Å². The molecule has 7 nitrogen and oxygen atoms in total. The lowest BCUT2D eigenvalue weighted by atomic mass is 9.91. The summed E-state index contributed by atoms with van der Waals surface area (Å²) >= 11 is 0. The van der Waals surface area contributed by atoms with E-state index in [0.29, 0.717) is 29.8 Å². The quantitative estimate of drug-likeness (QED) is 0.593. The monoisotopic (exact) mass is 457 g/mol. The first-order chi connectivity index (χ1) is 15.6. The van der Waals surface area contributed by atoms with E-state index in [9.17, 15) is 23.2 Å². The number of halogens is 3. The van der Waals surface area contributed by atoms with Crippen LogP contribution in [0.25, 0.3) is 11.0 Å². The smallest absolute Gasteiger partial charge is 0.416 e. The fourth-order valence-corrected chi connectivity index (χ4v) is 4.15. The predicted octanol–water partition coefficient (Wildman–Crippen LogP) is 3.90. The van der Waals surface area contributed by atoms with Crippen LogP contribution in [0.1, 0.15) is 31.5 Å². The second-order valence-electron chi connectivity index (χ2n) is 8.35. The number of fused-ring (bicyclic) bond motifs is 1. The summed E-state index contributed by atoms with van der Waals surface area (Å²) in [5, 5.41) is 9.26. The SMILES string of the molecule is C[C@@H]1CN(c2nc(=O)n(C)c3ccc(C#N)nc23)[C@@H](C)CC1Oc1cccc(C(F)(F)F)c1. The van der Waals surface area contributed by atoms with Gasteiger partial charge >= 0.3 is 11.9 Å². The lowest BCUT2D eigenvalue weighted by Crippen LogP contribution is -2.50. The molecule has 0 bridgehead atoms. The molecular formula is C23H22F3N5O2. The zero-order valence-electron chi connectivity index (χ0n) is 18.3. The Hall–Kier alpha value is -3.61. The van der Waals surface area contributed by atoms with Crippen molar-refractivity contribution in [1.29, 1.82) is 5.26 Å². The van der Waals surface area contributed by atoms with Gasteiger partial charge in [-0.3, -0.25) is 4.57 Å². The average molecular weight is 457 g/mol. The predicted molar refractivity (Wildman–Crippen MR) is 116 cm³/mol. The number of rotatable bonds is 3. The fourth-order valence-electron chi connectivity index (χ4n) is 4.15. The Bertz CT molecular complexity index is 1300. The zero-order valence-corrected chi connectivity index (χ0v) is 18.3. The molecule has 1 saturated heterocycles. The number of ether oxygens (including phenoxy) is 1. The molecule has 1 aliphatic heterocycles. The van der Waals surface area contributed by atoms with Gasteiger partial charge in [-0.2, -0.15) is 23.4 Å². The van der Waals surface area contributed by atoms with Crippen LogP contribution in [0.3, 0.4) is 0 Å². The van der Waals surface area contributed by atoms with Crippen molar-refractivity contribution in [2.75, 3.05) is 11.4 Å². The van der Waals surface area contributed by atoms with Crippen LogP contribution in [0.5, 0.6) is 5.75 Å². The van der Waals surface area contributed by atoms with Crippen LogP contribution in [0, 0.1) is 17.2 Å². The van der Waals surface area contributed by atoms with E-state index in [0.717, 1.165) is 12.1 Å². The van der Waals surface area contributed by atoms with Crippen LogP contribution in [0.4, 0.5) is 19.0 Å². The fraction of sp³-hybridized carbons (Fsp3) is 0.391. The highest BCUT2D eigenvalue weighted by atomic mass is 19.4. The van der Waals surface area contributed by atoms with Crippen molar-refractivity contribution >= 4 is 16.9 Å². The molecule has 0 N–H and O–H groups in total. The summed E-state index contributed by atoms with van der Waals surface area (Å²) in [7, 11) is 1.59. The Morgan fingerprint density at radius 3 is 2.64 bits per heavy atom. The molecule has 3 heterocycles. The normalized spacial score (nSPS) is 21.1. The molecule has 2 aromatic heterocycles. The molecule has 1 aliphatic rings. The number of nitrogens with zero attached hydrogens (tertiary/aromatic N) is 5. The van der Waals surface area contributed by atoms with Gasteiger partial charge in [-0.1, -0.05) is 13.0 Å². The number of anilines is 1. The van der Waals surface area contributed by atoms with Crippen molar-refractivity contribution < 1.29 is 17.9 Å². The highest BCUT2D eigenvalue weighted by Crippen LogP contribution is 2.34. The van der Waals surface area contributed by atoms with Crippen molar-refractivity contribution in [3.63, 3.8) is 0 Å². The lowest BCUT2D eigenvalue weighted by Gasteiger charge is -2.42. The summed E-state index contributed by atoms with van der Waals surface area (Å²) in [6, 6.07) is 9.96. The Morgan fingerprint density at radius 2 is 1.94 bits per heavy atom. The minimum atomic E-state index is -4.44. The van der Waals surface area contributed by atoms with E-state index < -0.39 is 17.4 Å². The molecule has 1 unspecified atom stereocenters. The van der Waals surface area contributed by atoms with Crippen LogP contribution in [0.15, 0.2) is 41.2 Å². The molecule has 3 aromatic rings. The van der Waals surface area contributed by atoms with Gasteiger partial charge in [0, 0.05) is 32.0 Å². The van der Waals surface area contributed by atoms with Gasteiger partial charge < -0.3 is 9.64 Å². The van der Waals surface area contributed by atoms with Crippen molar-refractivity contribution in [2.45, 2.75) is 38.6 Å². The van der Waals surface area contributed by atoms with E-state index >= 15 is 0 Å². The third kappa shape index (κ3) is 4.35. The van der Waals surface area contributed by atoms with Crippen LogP contribution in [-0.4, -0.2) is 33.2 Å². The van der Waals surface area contributed by atoms with Crippen LogP contribution >= 0.6 is 0 Å². The third-order valence-corrected chi connectivity index (χ3v) is 6.00. The minimum Gasteiger partial charge on any atom is -0.490 e. The molecule has 0 radical (unpaired) electrons. The lowest BCUT2D eigenvalue weighted by molar-refractivity contribution is -0.137. The molecule has 0 spiro atoms. The van der Waals surface area contributed by atoms with Gasteiger partial charge in [0.05, 0.1) is 11.1 Å². The van der Waals surface area contributed by atoms with E-state index in [1.54, 1.807) is 19.2 Å². The first kappa shape index (κ1) is 22.6. The summed E-state index contributed by atoms with van der Waals surface area (Å²) in [5.41, 5.74) is 0.0332. The maximum atomic E-state index is 13.0. The number of hydrogen-bond donors (Lipinski definition) is 0. The molecule has 0 amide bonds. The topological polar surface area (TPSA) is 84.0 Å². The Morgan fingerprint density at radius 1 is 1.18 bits per heavy atom. The number of pyridine rings is 1. The first-order valence-electron chi connectivity index (χ1n) is 10.5. The number of piperidine rings is 1. The van der Waals surface area contributed by atoms with Gasteiger partial charge in [0.15, 0.2) is 5.82 Å². The minimum absolute atomic E-state index is 0.0733. The number of alkyl halides is 3.